The molecular formula is C32H53N3O15S2. The smallest absolute Gasteiger partial charge is 0.206 e. The molecular weight excluding hydrogens is 730 g/mol. The summed E-state index contributed by atoms with van der Waals surface area (Å²) in [6, 6.07) is 2.77. The number of Topliss-reactive ketones (excluding diaryl/α,β-unsaturated/α-hetero) is 2. The Morgan fingerprint density at radius 2 is 1.08 bits per heavy atom. The number of hydrogen-bond donors (Lipinski definition) is 12. The fourth-order valence-corrected chi connectivity index (χ4v) is 6.43. The lowest BCUT2D eigenvalue weighted by molar-refractivity contribution is -0.130. The van der Waals surface area contributed by atoms with E-state index < -0.39 is 97.4 Å². The molecule has 0 amide bonds. The molecule has 0 saturated heterocycles. The van der Waals surface area contributed by atoms with Crippen molar-refractivity contribution in [2.24, 2.45) is 11.5 Å². The number of hydrogen-bond acceptors (Lipinski definition) is 20. The fourth-order valence-electron chi connectivity index (χ4n) is 4.69. The second-order valence-electron chi connectivity index (χ2n) is 12.4. The Bertz CT molecular complexity index is 1250. The van der Waals surface area contributed by atoms with Crippen molar-refractivity contribution in [2.75, 3.05) is 39.5 Å². The highest BCUT2D eigenvalue weighted by molar-refractivity contribution is 8.13. The third-order valence-corrected chi connectivity index (χ3v) is 9.84. The third kappa shape index (κ3) is 16.9. The van der Waals surface area contributed by atoms with Gasteiger partial charge in [0.15, 0.2) is 0 Å². The standard InChI is InChI=1S/C32H53N3O15S2/c1-16(38)7-21(33)31(48)51-14-18-3-4-20(9-19(18)15-52-32(49)22(34)8-17(2)39)50-6-5-35(10-23(40)27(44)29(46)25(42)12-36)11-24(41)28(45)30(47)26(43)13-37/h3-4,9,21-30,36-37,40-47H,5-8,10-15,33-34H2,1-2H3/t21-,22-,23-,24-,25+,26+,27+,28+,29+,30+/m0/s1. The van der Waals surface area contributed by atoms with E-state index in [9.17, 15) is 60.0 Å². The lowest BCUT2D eigenvalue weighted by Crippen LogP contribution is -2.53. The maximum Gasteiger partial charge on any atom is 0.206 e. The van der Waals surface area contributed by atoms with Gasteiger partial charge < -0.3 is 67.3 Å². The van der Waals surface area contributed by atoms with Crippen LogP contribution in [-0.4, -0.2) is 178 Å². The quantitative estimate of drug-likeness (QED) is 0.0420. The van der Waals surface area contributed by atoms with Gasteiger partial charge in [0.2, 0.25) is 10.2 Å². The molecule has 0 bridgehead atoms. The zero-order valence-corrected chi connectivity index (χ0v) is 30.6. The molecule has 18 nitrogen and oxygen atoms in total. The number of thioether (sulfide) groups is 2. The van der Waals surface area contributed by atoms with Crippen LogP contribution in [0.4, 0.5) is 0 Å². The van der Waals surface area contributed by atoms with Crippen LogP contribution in [0, 0.1) is 0 Å². The maximum absolute atomic E-state index is 12.6. The summed E-state index contributed by atoms with van der Waals surface area (Å²) in [4.78, 5) is 49.2. The van der Waals surface area contributed by atoms with Gasteiger partial charge in [-0.25, -0.2) is 0 Å². The topological polar surface area (TPSA) is 335 Å². The minimum absolute atomic E-state index is 0.0789. The van der Waals surface area contributed by atoms with E-state index >= 15 is 0 Å². The Labute approximate surface area is 309 Å². The normalized spacial score (nSPS) is 17.7. The average Bonchev–Trinajstić information content (AvgIpc) is 3.10. The Morgan fingerprint density at radius 1 is 0.673 bits per heavy atom. The van der Waals surface area contributed by atoms with Crippen LogP contribution in [0.25, 0.3) is 0 Å². The molecule has 0 aliphatic heterocycles. The van der Waals surface area contributed by atoms with Crippen LogP contribution >= 0.6 is 23.5 Å². The number of aliphatic hydroxyl groups is 10. The first kappa shape index (κ1) is 47.9. The molecule has 0 spiro atoms. The van der Waals surface area contributed by atoms with Crippen LogP contribution in [0.5, 0.6) is 5.75 Å². The Balaban J connectivity index is 3.20. The molecule has 1 rings (SSSR count). The fraction of sp³-hybridized carbons (Fsp3) is 0.688. The first-order valence-electron chi connectivity index (χ1n) is 16.3. The third-order valence-electron chi connectivity index (χ3n) is 7.76. The monoisotopic (exact) mass is 783 g/mol. The van der Waals surface area contributed by atoms with E-state index in [1.807, 2.05) is 0 Å². The first-order chi connectivity index (χ1) is 24.3. The lowest BCUT2D eigenvalue weighted by atomic mass is 10.0. The zero-order valence-electron chi connectivity index (χ0n) is 29.0. The van der Waals surface area contributed by atoms with E-state index in [2.05, 4.69) is 0 Å². The van der Waals surface area contributed by atoms with Gasteiger partial charge >= 0.3 is 0 Å². The Hall–Kier alpha value is -2.12. The van der Waals surface area contributed by atoms with E-state index in [0.717, 1.165) is 23.5 Å². The molecule has 298 valence electrons. The van der Waals surface area contributed by atoms with Crippen molar-refractivity contribution in [1.29, 1.82) is 0 Å². The van der Waals surface area contributed by atoms with E-state index in [0.29, 0.717) is 11.1 Å². The maximum atomic E-state index is 12.6. The number of nitrogens with zero attached hydrogens (tertiary/aromatic N) is 1. The molecule has 14 N–H and O–H groups in total. The highest BCUT2D eigenvalue weighted by atomic mass is 32.2. The SMILES string of the molecule is CC(=O)C[C@H](N)C(=O)SCc1ccc(OCCN(C[C@H](O)[C@@H](O)[C@H](O)[C@H](O)CO)C[C@H](O)[C@@H](O)[C@H](O)[C@H](O)CO)cc1CSC(=O)[C@@H](N)CC(C)=O. The lowest BCUT2D eigenvalue weighted by Gasteiger charge is -2.33. The van der Waals surface area contributed by atoms with Gasteiger partial charge in [0, 0.05) is 44.0 Å². The van der Waals surface area contributed by atoms with Crippen LogP contribution in [0.2, 0.25) is 0 Å². The van der Waals surface area contributed by atoms with Gasteiger partial charge in [-0.2, -0.15) is 0 Å². The van der Waals surface area contributed by atoms with Gasteiger partial charge in [-0.1, -0.05) is 29.6 Å². The Morgan fingerprint density at radius 3 is 1.48 bits per heavy atom. The summed E-state index contributed by atoms with van der Waals surface area (Å²) in [5.74, 6) is -0.0171. The molecule has 52 heavy (non-hydrogen) atoms. The second-order valence-corrected chi connectivity index (χ2v) is 14.3. The number of ether oxygens (including phenoxy) is 1. The van der Waals surface area contributed by atoms with Gasteiger partial charge in [-0.05, 0) is 37.1 Å². The van der Waals surface area contributed by atoms with Gasteiger partial charge in [0.1, 0.15) is 60.5 Å². The molecule has 0 aliphatic carbocycles. The molecule has 0 saturated carbocycles. The van der Waals surface area contributed by atoms with Crippen molar-refractivity contribution in [2.45, 2.75) is 99.1 Å². The van der Waals surface area contributed by atoms with Crippen molar-refractivity contribution < 1.29 is 75.0 Å². The highest BCUT2D eigenvalue weighted by Gasteiger charge is 2.34. The highest BCUT2D eigenvalue weighted by Crippen LogP contribution is 2.27. The molecule has 0 aromatic heterocycles. The van der Waals surface area contributed by atoms with Crippen LogP contribution < -0.4 is 16.2 Å². The molecule has 10 atom stereocenters. The number of nitrogens with two attached hydrogens (primary N) is 2. The molecule has 0 fully saturated rings. The summed E-state index contributed by atoms with van der Waals surface area (Å²) in [6.07, 6.45) is -15.2. The zero-order chi connectivity index (χ0) is 39.7. The molecule has 0 heterocycles. The van der Waals surface area contributed by atoms with E-state index in [4.69, 9.17) is 26.4 Å². The van der Waals surface area contributed by atoms with Crippen LogP contribution in [0.15, 0.2) is 18.2 Å². The number of carbonyl (C=O) groups is 4. The summed E-state index contributed by atoms with van der Waals surface area (Å²) < 4.78 is 5.87. The van der Waals surface area contributed by atoms with E-state index in [1.54, 1.807) is 18.2 Å². The summed E-state index contributed by atoms with van der Waals surface area (Å²) in [7, 11) is 0. The van der Waals surface area contributed by atoms with Crippen molar-refractivity contribution in [3.63, 3.8) is 0 Å². The van der Waals surface area contributed by atoms with Crippen molar-refractivity contribution in [1.82, 2.24) is 4.90 Å². The number of benzene rings is 1. The predicted octanol–water partition coefficient (Wildman–Crippen LogP) is -4.63. The van der Waals surface area contributed by atoms with Gasteiger partial charge in [0.25, 0.3) is 0 Å². The van der Waals surface area contributed by atoms with Gasteiger partial charge in [0.05, 0.1) is 37.5 Å². The minimum atomic E-state index is -1.96. The largest absolute Gasteiger partial charge is 0.492 e. The molecule has 1 aromatic rings. The predicted molar refractivity (Wildman–Crippen MR) is 190 cm³/mol. The summed E-state index contributed by atoms with van der Waals surface area (Å²) in [5.41, 5.74) is 12.9. The number of carbonyl (C=O) groups excluding carboxylic acids is 4. The number of ketones is 2. The number of rotatable bonds is 26. The van der Waals surface area contributed by atoms with Crippen LogP contribution in [0.3, 0.4) is 0 Å². The summed E-state index contributed by atoms with van der Waals surface area (Å²) in [5, 5.41) is 98.4. The molecule has 0 aliphatic rings. The van der Waals surface area contributed by atoms with Crippen molar-refractivity contribution in [3.8, 4) is 5.75 Å². The minimum Gasteiger partial charge on any atom is -0.492 e. The first-order valence-corrected chi connectivity index (χ1v) is 18.3. The van der Waals surface area contributed by atoms with Gasteiger partial charge in [-0.3, -0.25) is 24.1 Å². The summed E-state index contributed by atoms with van der Waals surface area (Å²) in [6.45, 7) is -0.501. The van der Waals surface area contributed by atoms with Crippen LogP contribution in [0.1, 0.15) is 37.8 Å². The molecule has 1 aromatic carbocycles. The van der Waals surface area contributed by atoms with E-state index in [-0.39, 0.29) is 54.8 Å². The van der Waals surface area contributed by atoms with Crippen LogP contribution in [-0.2, 0) is 30.7 Å². The molecule has 0 radical (unpaired) electrons. The molecule has 20 heteroatoms. The summed E-state index contributed by atoms with van der Waals surface area (Å²) >= 11 is 1.74. The second kappa shape index (κ2) is 24.3. The average molecular weight is 784 g/mol. The van der Waals surface area contributed by atoms with Crippen molar-refractivity contribution in [3.05, 3.63) is 29.3 Å². The van der Waals surface area contributed by atoms with E-state index in [1.165, 1.54) is 18.7 Å². The Kier molecular flexibility index (Phi) is 22.4. The van der Waals surface area contributed by atoms with Crippen molar-refractivity contribution >= 4 is 45.3 Å². The van der Waals surface area contributed by atoms with Gasteiger partial charge in [-0.15, -0.1) is 0 Å². The number of aliphatic hydroxyl groups excluding tert-OH is 10. The molecule has 0 unspecified atom stereocenters.